The summed E-state index contributed by atoms with van der Waals surface area (Å²) in [5.74, 6) is -2.00. The lowest BCUT2D eigenvalue weighted by Gasteiger charge is -2.07. The van der Waals surface area contributed by atoms with Gasteiger partial charge in [0.1, 0.15) is 11.6 Å². The summed E-state index contributed by atoms with van der Waals surface area (Å²) < 4.78 is 25.2. The highest BCUT2D eigenvalue weighted by atomic mass is 19.1. The van der Waals surface area contributed by atoms with Gasteiger partial charge in [0.2, 0.25) is 5.78 Å². The smallest absolute Gasteiger partial charge is 0.331 e. The largest absolute Gasteiger partial charge is 0.496 e. The molecule has 142 valence electrons. The first kappa shape index (κ1) is 19.8. The van der Waals surface area contributed by atoms with E-state index in [1.54, 1.807) is 0 Å². The van der Waals surface area contributed by atoms with E-state index in [0.717, 1.165) is 22.8 Å². The Balaban J connectivity index is 2.08. The second kappa shape index (κ2) is 8.26. The molecule has 0 aliphatic carbocycles. The monoisotopic (exact) mass is 376 g/mol. The highest BCUT2D eigenvalue weighted by Gasteiger charge is 2.15. The number of halogens is 1. The molecule has 27 heavy (non-hydrogen) atoms. The third kappa shape index (κ3) is 4.57. The number of methoxy groups -OCH3 is 1. The van der Waals surface area contributed by atoms with Crippen molar-refractivity contribution < 1.29 is 23.5 Å². The molecule has 0 amide bonds. The van der Waals surface area contributed by atoms with E-state index in [4.69, 9.17) is 9.47 Å². The lowest BCUT2D eigenvalue weighted by Crippen LogP contribution is -2.37. The quantitative estimate of drug-likeness (QED) is 0.418. The fraction of sp³-hybridized carbons (Fsp3) is 0.222. The molecule has 0 N–H and O–H groups in total. The minimum Gasteiger partial charge on any atom is -0.496 e. The van der Waals surface area contributed by atoms with Crippen molar-refractivity contribution in [1.29, 1.82) is 0 Å². The van der Waals surface area contributed by atoms with E-state index in [1.807, 2.05) is 0 Å². The fourth-order valence-electron chi connectivity index (χ4n) is 2.27. The summed E-state index contributed by atoms with van der Waals surface area (Å²) in [7, 11) is 4.10. The summed E-state index contributed by atoms with van der Waals surface area (Å²) >= 11 is 0. The zero-order chi connectivity index (χ0) is 20.1. The van der Waals surface area contributed by atoms with E-state index in [1.165, 1.54) is 44.1 Å². The minimum atomic E-state index is -0.880. The molecule has 0 fully saturated rings. The number of Topliss-reactive ketones (excluding diaryl/α,β-unsaturated/α-hetero) is 1. The number of hydrogen-bond donors (Lipinski definition) is 0. The lowest BCUT2D eigenvalue weighted by atomic mass is 10.1. The number of aryl methyl sites for hydroxylation is 1. The van der Waals surface area contributed by atoms with Crippen molar-refractivity contribution in [3.05, 3.63) is 68.3 Å². The van der Waals surface area contributed by atoms with Crippen molar-refractivity contribution in [1.82, 2.24) is 9.13 Å². The van der Waals surface area contributed by atoms with Gasteiger partial charge in [-0.1, -0.05) is 0 Å². The van der Waals surface area contributed by atoms with Gasteiger partial charge in [-0.15, -0.1) is 0 Å². The maximum Gasteiger partial charge on any atom is 0.331 e. The normalized spacial score (nSPS) is 10.8. The molecule has 0 unspecified atom stereocenters. The van der Waals surface area contributed by atoms with Crippen LogP contribution in [0.5, 0.6) is 5.75 Å². The summed E-state index contributed by atoms with van der Waals surface area (Å²) in [4.78, 5) is 47.4. The Morgan fingerprint density at radius 3 is 2.59 bits per heavy atom. The Hall–Kier alpha value is -3.49. The summed E-state index contributed by atoms with van der Waals surface area (Å²) in [5, 5.41) is 0. The lowest BCUT2D eigenvalue weighted by molar-refractivity contribution is -0.136. The van der Waals surface area contributed by atoms with Crippen molar-refractivity contribution in [2.45, 2.75) is 0 Å². The number of esters is 1. The summed E-state index contributed by atoms with van der Waals surface area (Å²) in [6.07, 6.45) is 3.41. The molecule has 0 atom stereocenters. The zero-order valence-corrected chi connectivity index (χ0v) is 14.9. The molecular weight excluding hydrogens is 359 g/mol. The first-order valence-electron chi connectivity index (χ1n) is 7.73. The molecule has 2 aromatic rings. The molecule has 0 saturated carbocycles. The summed E-state index contributed by atoms with van der Waals surface area (Å²) in [5.41, 5.74) is -1.05. The van der Waals surface area contributed by atoms with Crippen LogP contribution in [0.2, 0.25) is 0 Å². The van der Waals surface area contributed by atoms with E-state index in [9.17, 15) is 23.6 Å². The van der Waals surface area contributed by atoms with Crippen molar-refractivity contribution >= 4 is 17.8 Å². The number of carbonyl (C=O) groups is 2. The highest BCUT2D eigenvalue weighted by Crippen LogP contribution is 2.19. The van der Waals surface area contributed by atoms with Gasteiger partial charge < -0.3 is 14.0 Å². The molecule has 9 heteroatoms. The van der Waals surface area contributed by atoms with Gasteiger partial charge in [0.25, 0.3) is 5.56 Å². The minimum absolute atomic E-state index is 0.0544. The van der Waals surface area contributed by atoms with Crippen LogP contribution in [0.25, 0.3) is 6.08 Å². The second-order valence-corrected chi connectivity index (χ2v) is 5.55. The zero-order valence-electron chi connectivity index (χ0n) is 14.9. The van der Waals surface area contributed by atoms with Crippen LogP contribution in [0.3, 0.4) is 0 Å². The molecule has 0 aliphatic rings. The molecule has 0 spiro atoms. The highest BCUT2D eigenvalue weighted by molar-refractivity contribution is 6.01. The average Bonchev–Trinajstić information content (AvgIpc) is 2.66. The Morgan fingerprint density at radius 1 is 1.22 bits per heavy atom. The SMILES string of the molecule is COc1ccc(F)cc1C(=O)COC(=O)/C=C/c1cn(C)c(=O)n(C)c1=O. The van der Waals surface area contributed by atoms with E-state index in [-0.39, 0.29) is 16.9 Å². The Bertz CT molecular complexity index is 1040. The van der Waals surface area contributed by atoms with Crippen molar-refractivity contribution in [2.24, 2.45) is 14.1 Å². The van der Waals surface area contributed by atoms with Crippen LogP contribution in [0.4, 0.5) is 4.39 Å². The molecule has 1 heterocycles. The predicted molar refractivity (Wildman–Crippen MR) is 94.2 cm³/mol. The van der Waals surface area contributed by atoms with E-state index >= 15 is 0 Å². The number of aromatic nitrogens is 2. The van der Waals surface area contributed by atoms with Gasteiger partial charge in [-0.3, -0.25) is 14.2 Å². The predicted octanol–water partition coefficient (Wildman–Crippen LogP) is 0.671. The summed E-state index contributed by atoms with van der Waals surface area (Å²) in [6, 6.07) is 3.41. The number of ether oxygens (including phenoxy) is 2. The van der Waals surface area contributed by atoms with Crippen LogP contribution in [0, 0.1) is 5.82 Å². The van der Waals surface area contributed by atoms with Gasteiger partial charge in [0.05, 0.1) is 18.2 Å². The van der Waals surface area contributed by atoms with Gasteiger partial charge in [-0.05, 0) is 24.3 Å². The number of benzene rings is 1. The number of rotatable bonds is 6. The molecule has 0 saturated heterocycles. The maximum atomic E-state index is 13.3. The number of ketones is 1. The molecule has 0 bridgehead atoms. The van der Waals surface area contributed by atoms with Crippen molar-refractivity contribution in [3.63, 3.8) is 0 Å². The Labute approximate surface area is 153 Å². The molecule has 0 radical (unpaired) electrons. The number of carbonyl (C=O) groups excluding carboxylic acids is 2. The second-order valence-electron chi connectivity index (χ2n) is 5.55. The molecular formula is C18H17FN2O6. The Kier molecular flexibility index (Phi) is 6.07. The van der Waals surface area contributed by atoms with Gasteiger partial charge in [0, 0.05) is 26.4 Å². The van der Waals surface area contributed by atoms with E-state index in [0.29, 0.717) is 0 Å². The van der Waals surface area contributed by atoms with Gasteiger partial charge in [0.15, 0.2) is 6.61 Å². The van der Waals surface area contributed by atoms with Crippen LogP contribution in [0.1, 0.15) is 15.9 Å². The van der Waals surface area contributed by atoms with Crippen LogP contribution < -0.4 is 16.0 Å². The van der Waals surface area contributed by atoms with E-state index < -0.39 is 35.4 Å². The van der Waals surface area contributed by atoms with Crippen molar-refractivity contribution in [3.8, 4) is 5.75 Å². The Morgan fingerprint density at radius 2 is 1.93 bits per heavy atom. The topological polar surface area (TPSA) is 96.6 Å². The van der Waals surface area contributed by atoms with Crippen LogP contribution >= 0.6 is 0 Å². The summed E-state index contributed by atoms with van der Waals surface area (Å²) in [6.45, 7) is -0.631. The molecule has 0 aliphatic heterocycles. The molecule has 1 aromatic heterocycles. The van der Waals surface area contributed by atoms with Gasteiger partial charge >= 0.3 is 11.7 Å². The number of hydrogen-bond acceptors (Lipinski definition) is 6. The third-order valence-electron chi connectivity index (χ3n) is 3.68. The molecule has 1 aromatic carbocycles. The molecule has 2 rings (SSSR count). The van der Waals surface area contributed by atoms with Crippen molar-refractivity contribution in [2.75, 3.05) is 13.7 Å². The number of nitrogens with zero attached hydrogens (tertiary/aromatic N) is 2. The van der Waals surface area contributed by atoms with Gasteiger partial charge in [-0.25, -0.2) is 14.0 Å². The van der Waals surface area contributed by atoms with E-state index in [2.05, 4.69) is 0 Å². The van der Waals surface area contributed by atoms with Crippen LogP contribution in [0.15, 0.2) is 40.1 Å². The first-order chi connectivity index (χ1) is 12.7. The fourth-order valence-corrected chi connectivity index (χ4v) is 2.27. The maximum absolute atomic E-state index is 13.3. The third-order valence-corrected chi connectivity index (χ3v) is 3.68. The van der Waals surface area contributed by atoms with Gasteiger partial charge in [-0.2, -0.15) is 0 Å². The molecule has 8 nitrogen and oxygen atoms in total. The van der Waals surface area contributed by atoms with Crippen LogP contribution in [-0.4, -0.2) is 34.6 Å². The van der Waals surface area contributed by atoms with Crippen LogP contribution in [-0.2, 0) is 23.6 Å². The first-order valence-corrected chi connectivity index (χ1v) is 7.73. The standard InChI is InChI=1S/C18H17FN2O6/c1-20-9-11(17(24)21(2)18(20)25)4-7-16(23)27-10-14(22)13-8-12(19)5-6-15(13)26-3/h4-9H,10H2,1-3H3/b7-4+. The average molecular weight is 376 g/mol.